The minimum Gasteiger partial charge on any atom is -0.463 e. The van der Waals surface area contributed by atoms with Gasteiger partial charge in [0.15, 0.2) is 12.4 Å². The van der Waals surface area contributed by atoms with Crippen molar-refractivity contribution < 1.29 is 36.8 Å². The number of hydrogen-bond donors (Lipinski definition) is 3. The van der Waals surface area contributed by atoms with Crippen LogP contribution in [0.3, 0.4) is 0 Å². The zero-order valence-corrected chi connectivity index (χ0v) is 32.1. The van der Waals surface area contributed by atoms with Crippen LogP contribution in [0.15, 0.2) is 0 Å². The van der Waals surface area contributed by atoms with Crippen molar-refractivity contribution in [3.8, 4) is 0 Å². The van der Waals surface area contributed by atoms with Crippen LogP contribution in [-0.4, -0.2) is 59.4 Å². The highest BCUT2D eigenvalue weighted by molar-refractivity contribution is 5.70. The quantitative estimate of drug-likeness (QED) is 0.0437. The SMILES string of the molecule is [2H]CCCCCCCCCCCCCCCCCC(=O)OC[C@@H]1OC(O)[C@H](N)[C@@H](OC(=O)CCCCCCCCCCCCCCCCC[2H])[C@@H]1O. The van der Waals surface area contributed by atoms with E-state index in [4.69, 9.17) is 22.7 Å². The molecule has 0 spiro atoms. The molecule has 4 N–H and O–H groups in total. The van der Waals surface area contributed by atoms with E-state index in [9.17, 15) is 19.8 Å². The molecule has 8 heteroatoms. The smallest absolute Gasteiger partial charge is 0.306 e. The maximum absolute atomic E-state index is 12.5. The number of esters is 2. The summed E-state index contributed by atoms with van der Waals surface area (Å²) in [6, 6.07) is -1.09. The molecule has 1 saturated heterocycles. The van der Waals surface area contributed by atoms with Crippen molar-refractivity contribution in [2.24, 2.45) is 5.73 Å². The van der Waals surface area contributed by atoms with Crippen LogP contribution in [0.1, 0.15) is 222 Å². The molecule has 1 rings (SSSR count). The van der Waals surface area contributed by atoms with Crippen molar-refractivity contribution in [2.75, 3.05) is 6.61 Å². The van der Waals surface area contributed by atoms with Gasteiger partial charge in [0.05, 0.1) is 6.04 Å². The van der Waals surface area contributed by atoms with Crippen LogP contribution in [0.5, 0.6) is 0 Å². The van der Waals surface area contributed by atoms with Crippen LogP contribution in [0.2, 0.25) is 0 Å². The molecule has 0 aliphatic carbocycles. The van der Waals surface area contributed by atoms with Crippen molar-refractivity contribution in [2.45, 2.75) is 250 Å². The number of aliphatic hydroxyl groups is 2. The van der Waals surface area contributed by atoms with Crippen molar-refractivity contribution in [3.63, 3.8) is 0 Å². The number of carbonyl (C=O) groups excluding carboxylic acids is 2. The second-order valence-corrected chi connectivity index (χ2v) is 14.9. The standard InChI is InChI=1S/C42H81NO7/c1-3-5-7-9-11-13-15-17-19-21-23-25-27-29-31-33-37(44)48-35-36-40(46)41(39(43)42(47)49-36)50-38(45)34-32-30-28-26-24-22-20-18-16-14-12-10-8-6-4-2/h36,39-42,46-47H,3-35,43H2,1-2H3/t36-,39+,40+,41+,42?/m0/s1/i1D,2D. The number of carbonyl (C=O) groups is 2. The first-order valence-corrected chi connectivity index (χ1v) is 21.1. The van der Waals surface area contributed by atoms with E-state index in [1.54, 1.807) is 0 Å². The molecule has 5 atom stereocenters. The fourth-order valence-electron chi connectivity index (χ4n) is 6.83. The summed E-state index contributed by atoms with van der Waals surface area (Å²) in [7, 11) is 0. The highest BCUT2D eigenvalue weighted by Crippen LogP contribution is 2.23. The fraction of sp³-hybridized carbons (Fsp3) is 0.952. The number of nitrogens with two attached hydrogens (primary N) is 1. The molecule has 0 aromatic rings. The number of ether oxygens (including phenoxy) is 3. The minimum atomic E-state index is -1.44. The Labute approximate surface area is 310 Å². The van der Waals surface area contributed by atoms with Gasteiger partial charge in [0.2, 0.25) is 0 Å². The Bertz CT molecular complexity index is 823. The molecule has 0 amide bonds. The summed E-state index contributed by atoms with van der Waals surface area (Å²) < 4.78 is 30.6. The number of unbranched alkanes of at least 4 members (excludes halogenated alkanes) is 28. The summed E-state index contributed by atoms with van der Waals surface area (Å²) in [5.41, 5.74) is 6.01. The van der Waals surface area contributed by atoms with Gasteiger partial charge < -0.3 is 30.2 Å². The summed E-state index contributed by atoms with van der Waals surface area (Å²) in [4.78, 5) is 24.9. The molecule has 0 aromatic carbocycles. The van der Waals surface area contributed by atoms with Crippen LogP contribution >= 0.6 is 0 Å². The lowest BCUT2D eigenvalue weighted by molar-refractivity contribution is -0.256. The van der Waals surface area contributed by atoms with Crippen LogP contribution in [0.4, 0.5) is 0 Å². The predicted molar refractivity (Wildman–Crippen MR) is 205 cm³/mol. The maximum atomic E-state index is 12.5. The van der Waals surface area contributed by atoms with E-state index in [2.05, 4.69) is 0 Å². The van der Waals surface area contributed by atoms with E-state index in [0.29, 0.717) is 26.6 Å². The van der Waals surface area contributed by atoms with Crippen LogP contribution < -0.4 is 5.73 Å². The maximum Gasteiger partial charge on any atom is 0.306 e. The number of rotatable bonds is 35. The molecular formula is C42H81NO7. The third-order valence-corrected chi connectivity index (χ3v) is 10.2. The van der Waals surface area contributed by atoms with Crippen LogP contribution in [-0.2, 0) is 23.8 Å². The lowest BCUT2D eigenvalue weighted by atomic mass is 9.97. The summed E-state index contributed by atoms with van der Waals surface area (Å²) in [5, 5.41) is 21.1. The molecule has 1 heterocycles. The second-order valence-electron chi connectivity index (χ2n) is 14.9. The third kappa shape index (κ3) is 25.7. The Kier molecular flexibility index (Phi) is 29.0. The van der Waals surface area contributed by atoms with Gasteiger partial charge in [-0.25, -0.2) is 0 Å². The molecule has 0 saturated carbocycles. The van der Waals surface area contributed by atoms with E-state index in [1.165, 1.54) is 135 Å². The van der Waals surface area contributed by atoms with Crippen LogP contribution in [0, 0.1) is 0 Å². The van der Waals surface area contributed by atoms with Crippen molar-refractivity contribution in [1.29, 1.82) is 0 Å². The highest BCUT2D eigenvalue weighted by Gasteiger charge is 2.45. The molecule has 50 heavy (non-hydrogen) atoms. The average Bonchev–Trinajstić information content (AvgIpc) is 3.14. The van der Waals surface area contributed by atoms with Gasteiger partial charge in [-0.2, -0.15) is 0 Å². The number of hydrogen-bond acceptors (Lipinski definition) is 8. The fourth-order valence-corrected chi connectivity index (χ4v) is 6.83. The minimum absolute atomic E-state index is 0.227. The normalized spacial score (nSPS) is 21.1. The van der Waals surface area contributed by atoms with E-state index in [-0.39, 0.29) is 19.0 Å². The Balaban J connectivity index is 2.05. The first-order chi connectivity index (χ1) is 25.4. The topological polar surface area (TPSA) is 128 Å². The van der Waals surface area contributed by atoms with Gasteiger partial charge in [-0.15, -0.1) is 0 Å². The Hall–Kier alpha value is -1.22. The van der Waals surface area contributed by atoms with Gasteiger partial charge in [-0.3, -0.25) is 9.59 Å². The molecule has 8 nitrogen and oxygen atoms in total. The van der Waals surface area contributed by atoms with Crippen LogP contribution in [0.25, 0.3) is 0 Å². The zero-order chi connectivity index (χ0) is 37.9. The van der Waals surface area contributed by atoms with E-state index in [0.717, 1.165) is 51.4 Å². The lowest BCUT2D eigenvalue weighted by Gasteiger charge is -2.40. The van der Waals surface area contributed by atoms with E-state index < -0.39 is 36.6 Å². The second kappa shape index (κ2) is 33.6. The highest BCUT2D eigenvalue weighted by atomic mass is 16.6. The van der Waals surface area contributed by atoms with Gasteiger partial charge in [0.25, 0.3) is 0 Å². The van der Waals surface area contributed by atoms with Gasteiger partial charge >= 0.3 is 11.9 Å². The molecule has 0 bridgehead atoms. The molecule has 1 fully saturated rings. The molecule has 1 unspecified atom stereocenters. The Morgan fingerprint density at radius 1 is 0.560 bits per heavy atom. The number of aliphatic hydroxyl groups excluding tert-OH is 2. The van der Waals surface area contributed by atoms with Crippen molar-refractivity contribution >= 4 is 11.9 Å². The van der Waals surface area contributed by atoms with Gasteiger partial charge in [0.1, 0.15) is 18.8 Å². The summed E-state index contributed by atoms with van der Waals surface area (Å²) >= 11 is 0. The summed E-state index contributed by atoms with van der Waals surface area (Å²) in [6.45, 7) is 0.894. The van der Waals surface area contributed by atoms with Crippen molar-refractivity contribution in [1.82, 2.24) is 0 Å². The molecule has 1 aliphatic heterocycles. The van der Waals surface area contributed by atoms with Gasteiger partial charge in [-0.05, 0) is 12.8 Å². The summed E-state index contributed by atoms with van der Waals surface area (Å²) in [5.74, 6) is -0.830. The monoisotopic (exact) mass is 714 g/mol. The molecule has 0 aromatic heterocycles. The molecule has 0 radical (unpaired) electrons. The van der Waals surface area contributed by atoms with Crippen molar-refractivity contribution in [3.05, 3.63) is 0 Å². The largest absolute Gasteiger partial charge is 0.463 e. The Morgan fingerprint density at radius 2 is 0.900 bits per heavy atom. The zero-order valence-electron chi connectivity index (χ0n) is 34.1. The van der Waals surface area contributed by atoms with E-state index >= 15 is 0 Å². The predicted octanol–water partition coefficient (Wildman–Crippen LogP) is 10.4. The lowest BCUT2D eigenvalue weighted by Crippen LogP contribution is -2.63. The first-order valence-electron chi connectivity index (χ1n) is 22.5. The molecular weight excluding hydrogens is 630 g/mol. The van der Waals surface area contributed by atoms with Gasteiger partial charge in [-0.1, -0.05) is 194 Å². The van der Waals surface area contributed by atoms with E-state index in [1.807, 2.05) is 0 Å². The molecule has 296 valence electrons. The first kappa shape index (κ1) is 43.2. The average molecular weight is 714 g/mol. The summed E-state index contributed by atoms with van der Waals surface area (Å²) in [6.07, 6.45) is 31.4. The Morgan fingerprint density at radius 3 is 1.28 bits per heavy atom. The molecule has 1 aliphatic rings. The third-order valence-electron chi connectivity index (χ3n) is 10.2. The van der Waals surface area contributed by atoms with Gasteiger partial charge in [0, 0.05) is 15.6 Å².